The number of nitrogens with one attached hydrogen (secondary N) is 1. The van der Waals surface area contributed by atoms with E-state index in [1.807, 2.05) is 86.2 Å². The number of aromatic hydroxyl groups is 1. The fourth-order valence-corrected chi connectivity index (χ4v) is 6.51. The average Bonchev–Trinajstić information content (AvgIpc) is 3.78. The van der Waals surface area contributed by atoms with Crippen molar-refractivity contribution in [3.8, 4) is 62.7 Å². The van der Waals surface area contributed by atoms with Gasteiger partial charge < -0.3 is 26.1 Å². The summed E-state index contributed by atoms with van der Waals surface area (Å²) in [6.45, 7) is 1.96. The van der Waals surface area contributed by atoms with E-state index in [4.69, 9.17) is 34.7 Å². The molecule has 0 aliphatic heterocycles. The Morgan fingerprint density at radius 2 is 1.46 bits per heavy atom. The van der Waals surface area contributed by atoms with E-state index in [-0.39, 0.29) is 23.2 Å². The summed E-state index contributed by atoms with van der Waals surface area (Å²) in [4.78, 5) is 25.8. The molecule has 0 radical (unpaired) electrons. The van der Waals surface area contributed by atoms with Crippen LogP contribution >= 0.6 is 23.2 Å². The average molecular weight is 696 g/mol. The summed E-state index contributed by atoms with van der Waals surface area (Å²) in [5, 5.41) is 22.6. The number of anilines is 2. The van der Waals surface area contributed by atoms with Gasteiger partial charge in [0.15, 0.2) is 23.1 Å². The highest BCUT2D eigenvalue weighted by Gasteiger charge is 2.19. The van der Waals surface area contributed by atoms with Crippen molar-refractivity contribution in [1.29, 1.82) is 5.26 Å². The Bertz CT molecular complexity index is 2690. The third-order valence-electron chi connectivity index (χ3n) is 8.39. The van der Waals surface area contributed by atoms with Gasteiger partial charge in [-0.3, -0.25) is 4.98 Å². The molecule has 3 aromatic carbocycles. The summed E-state index contributed by atoms with van der Waals surface area (Å²) in [5.74, 6) is 0.0250. The van der Waals surface area contributed by atoms with Gasteiger partial charge in [-0.05, 0) is 60.5 Å². The van der Waals surface area contributed by atoms with E-state index >= 15 is 0 Å². The number of nitrogens with zero attached hydrogens (tertiary/aromatic N) is 7. The van der Waals surface area contributed by atoms with Crippen molar-refractivity contribution >= 4 is 56.6 Å². The highest BCUT2D eigenvalue weighted by Crippen LogP contribution is 2.38. The second-order valence-corrected chi connectivity index (χ2v) is 12.5. The first-order valence-corrected chi connectivity index (χ1v) is 16.0. The summed E-state index contributed by atoms with van der Waals surface area (Å²) in [6, 6.07) is 23.0. The highest BCUT2D eigenvalue weighted by molar-refractivity contribution is 6.36. The van der Waals surface area contributed by atoms with Crippen LogP contribution in [0.15, 0.2) is 91.5 Å². The molecule has 0 amide bonds. The van der Waals surface area contributed by atoms with E-state index in [0.29, 0.717) is 49.6 Å². The van der Waals surface area contributed by atoms with E-state index in [9.17, 15) is 10.4 Å². The summed E-state index contributed by atoms with van der Waals surface area (Å²) in [7, 11) is 0. The van der Waals surface area contributed by atoms with Gasteiger partial charge in [-0.25, -0.2) is 19.9 Å². The third kappa shape index (κ3) is 5.29. The molecule has 0 bridgehead atoms. The summed E-state index contributed by atoms with van der Waals surface area (Å²) < 4.78 is 1.80. The number of fused-ring (bicyclic) bond motifs is 2. The summed E-state index contributed by atoms with van der Waals surface area (Å²) >= 11 is 13.3. The van der Waals surface area contributed by atoms with E-state index in [1.165, 1.54) is 0 Å². The zero-order valence-electron chi connectivity index (χ0n) is 26.1. The second kappa shape index (κ2) is 11.9. The zero-order chi connectivity index (χ0) is 34.7. The maximum Gasteiger partial charge on any atom is 0.255 e. The van der Waals surface area contributed by atoms with Crippen molar-refractivity contribution in [1.82, 2.24) is 34.5 Å². The van der Waals surface area contributed by atoms with Crippen molar-refractivity contribution in [3.63, 3.8) is 0 Å². The molecule has 8 rings (SSSR count). The normalized spacial score (nSPS) is 11.3. The van der Waals surface area contributed by atoms with E-state index in [1.54, 1.807) is 22.9 Å². The number of pyridine rings is 1. The number of nitriles is 1. The monoisotopic (exact) mass is 694 g/mol. The number of H-pyrrole nitrogens is 1. The minimum atomic E-state index is -0.374. The standard InChI is InChI=1S/C37H24Cl2N10O/c1-18-7-9-49(17-18)36-33(47-37(50)35(42)48-36)24-11-22-12-25(16-44-30(22)27(39)14-24)19-2-4-20(5-3-19)31-32(45-28(15-40)34(41)46-31)23-10-21-6-8-43-29(21)26(38)13-23/h2-14,16-17,43H,1H3,(H2,41,46)(H2,42,48)(H,47,50). The Morgan fingerprint density at radius 1 is 0.760 bits per heavy atom. The van der Waals surface area contributed by atoms with Crippen molar-refractivity contribution in [2.75, 3.05) is 11.5 Å². The maximum absolute atomic E-state index is 10.4. The number of nitrogens with two attached hydrogens (primary N) is 2. The molecule has 5 aromatic heterocycles. The van der Waals surface area contributed by atoms with Gasteiger partial charge in [0.25, 0.3) is 5.88 Å². The minimum absolute atomic E-state index is 0.0293. The second-order valence-electron chi connectivity index (χ2n) is 11.7. The number of aromatic nitrogens is 7. The van der Waals surface area contributed by atoms with Gasteiger partial charge in [0.2, 0.25) is 0 Å². The van der Waals surface area contributed by atoms with Crippen molar-refractivity contribution in [2.24, 2.45) is 0 Å². The van der Waals surface area contributed by atoms with Crippen LogP contribution in [0.3, 0.4) is 0 Å². The third-order valence-corrected chi connectivity index (χ3v) is 8.97. The topological polar surface area (TPSA) is 181 Å². The van der Waals surface area contributed by atoms with Gasteiger partial charge in [0.1, 0.15) is 11.8 Å². The molecule has 13 heteroatoms. The Morgan fingerprint density at radius 3 is 2.22 bits per heavy atom. The number of aryl methyl sites for hydroxylation is 1. The molecular formula is C37H24Cl2N10O. The maximum atomic E-state index is 10.4. The number of hydrogen-bond acceptors (Lipinski definition) is 9. The Labute approximate surface area is 294 Å². The first kappa shape index (κ1) is 30.8. The van der Waals surface area contributed by atoms with Crippen LogP contribution in [0.5, 0.6) is 5.88 Å². The number of hydrogen-bond donors (Lipinski definition) is 4. The SMILES string of the molecule is Cc1ccn(-c2nc(N)c(O)nc2-c2cc(Cl)c3ncc(-c4ccc(-c5nc(N)c(C#N)nc5-c5cc(Cl)c6[nH]ccc6c5)cc4)cc3c2)c1. The van der Waals surface area contributed by atoms with Gasteiger partial charge in [-0.1, -0.05) is 47.5 Å². The molecular weight excluding hydrogens is 671 g/mol. The fourth-order valence-electron chi connectivity index (χ4n) is 5.96. The molecule has 8 aromatic rings. The van der Waals surface area contributed by atoms with Gasteiger partial charge in [0.05, 0.1) is 32.5 Å². The fraction of sp³-hybridized carbons (Fsp3) is 0.0270. The largest absolute Gasteiger partial charge is 0.491 e. The van der Waals surface area contributed by atoms with E-state index in [2.05, 4.69) is 29.9 Å². The minimum Gasteiger partial charge on any atom is -0.491 e. The van der Waals surface area contributed by atoms with Crippen LogP contribution in [0.1, 0.15) is 11.3 Å². The molecule has 0 saturated heterocycles. The quantitative estimate of drug-likeness (QED) is 0.138. The summed E-state index contributed by atoms with van der Waals surface area (Å²) in [6.07, 6.45) is 7.31. The summed E-state index contributed by atoms with van der Waals surface area (Å²) in [5.41, 5.74) is 19.7. The van der Waals surface area contributed by atoms with E-state index in [0.717, 1.165) is 38.5 Å². The lowest BCUT2D eigenvalue weighted by Gasteiger charge is -2.13. The van der Waals surface area contributed by atoms with Crippen LogP contribution in [0.2, 0.25) is 10.0 Å². The Kier molecular flexibility index (Phi) is 7.33. The first-order chi connectivity index (χ1) is 24.2. The lowest BCUT2D eigenvalue weighted by Crippen LogP contribution is -2.04. The molecule has 0 atom stereocenters. The molecule has 0 fully saturated rings. The van der Waals surface area contributed by atoms with Crippen LogP contribution in [-0.2, 0) is 0 Å². The first-order valence-electron chi connectivity index (χ1n) is 15.2. The molecule has 0 aliphatic rings. The molecule has 50 heavy (non-hydrogen) atoms. The molecule has 0 aliphatic carbocycles. The number of rotatable bonds is 5. The number of halogens is 2. The van der Waals surface area contributed by atoms with Crippen LogP contribution in [0, 0.1) is 18.3 Å². The number of nitrogen functional groups attached to an aromatic ring is 2. The van der Waals surface area contributed by atoms with Crippen LogP contribution in [0.4, 0.5) is 11.6 Å². The molecule has 11 nitrogen and oxygen atoms in total. The predicted octanol–water partition coefficient (Wildman–Crippen LogP) is 8.11. The van der Waals surface area contributed by atoms with Crippen molar-refractivity contribution in [2.45, 2.75) is 6.92 Å². The van der Waals surface area contributed by atoms with Gasteiger partial charge in [-0.15, -0.1) is 0 Å². The lowest BCUT2D eigenvalue weighted by atomic mass is 9.99. The molecule has 6 N–H and O–H groups in total. The van der Waals surface area contributed by atoms with Gasteiger partial charge >= 0.3 is 0 Å². The van der Waals surface area contributed by atoms with Crippen LogP contribution < -0.4 is 11.5 Å². The Balaban J connectivity index is 1.20. The van der Waals surface area contributed by atoms with E-state index < -0.39 is 0 Å². The molecule has 0 unspecified atom stereocenters. The lowest BCUT2D eigenvalue weighted by molar-refractivity contribution is 0.454. The van der Waals surface area contributed by atoms with Crippen molar-refractivity contribution < 1.29 is 5.11 Å². The van der Waals surface area contributed by atoms with Crippen LogP contribution in [0.25, 0.3) is 72.5 Å². The number of aromatic amines is 1. The number of benzene rings is 3. The van der Waals surface area contributed by atoms with Gasteiger partial charge in [0, 0.05) is 57.8 Å². The van der Waals surface area contributed by atoms with Gasteiger partial charge in [-0.2, -0.15) is 5.26 Å². The molecule has 242 valence electrons. The van der Waals surface area contributed by atoms with Crippen molar-refractivity contribution in [3.05, 3.63) is 113 Å². The Hall–Kier alpha value is -6.48. The highest BCUT2D eigenvalue weighted by atomic mass is 35.5. The zero-order valence-corrected chi connectivity index (χ0v) is 27.7. The van der Waals surface area contributed by atoms with Crippen LogP contribution in [-0.4, -0.2) is 39.6 Å². The molecule has 0 saturated carbocycles. The smallest absolute Gasteiger partial charge is 0.255 e. The molecule has 0 spiro atoms. The predicted molar refractivity (Wildman–Crippen MR) is 196 cm³/mol. The molecule has 5 heterocycles.